The van der Waals surface area contributed by atoms with Crippen LogP contribution in [-0.2, 0) is 112 Å². The molecule has 43 nitrogen and oxygen atoms in total. The zero-order chi connectivity index (χ0) is 87.4. The van der Waals surface area contributed by atoms with Crippen LogP contribution in [0.5, 0.6) is 0 Å². The molecular weight excluding hydrogens is 1530 g/mol. The normalized spacial score (nSPS) is 21.8. The van der Waals surface area contributed by atoms with E-state index < -0.39 is 261 Å². The predicted molar refractivity (Wildman–Crippen MR) is 406 cm³/mol. The number of cyclic esters (lactones) is 1. The molecule has 0 aliphatic carbocycles. The number of amides is 15. The molecule has 3 rings (SSSR count). The zero-order valence-electron chi connectivity index (χ0n) is 66.2. The fourth-order valence-electron chi connectivity index (χ4n) is 12.0. The first kappa shape index (κ1) is 98.3. The van der Waals surface area contributed by atoms with Gasteiger partial charge in [0.2, 0.25) is 88.6 Å². The number of benzene rings is 1. The molecule has 2 heterocycles. The van der Waals surface area contributed by atoms with Crippen LogP contribution in [0.25, 0.3) is 10.9 Å². The van der Waals surface area contributed by atoms with Crippen molar-refractivity contribution in [2.75, 3.05) is 33.8 Å². The van der Waals surface area contributed by atoms with E-state index in [0.717, 1.165) is 54.2 Å². The Kier molecular flexibility index (Phi) is 41.5. The minimum Gasteiger partial charge on any atom is -0.481 e. The number of carboxylic acid groups (broad SMARTS) is 3. The second kappa shape index (κ2) is 49.0. The molecule has 0 radical (unpaired) electrons. The van der Waals surface area contributed by atoms with Crippen LogP contribution in [0.1, 0.15) is 157 Å². The van der Waals surface area contributed by atoms with Crippen molar-refractivity contribution in [3.05, 3.63) is 36.0 Å². The van der Waals surface area contributed by atoms with Gasteiger partial charge in [-0.3, -0.25) is 91.1 Å². The summed E-state index contributed by atoms with van der Waals surface area (Å²) in [5.74, 6) is -29.1. The Hall–Kier alpha value is -11.9. The Labute approximate surface area is 667 Å². The van der Waals surface area contributed by atoms with E-state index in [-0.39, 0.29) is 45.1 Å². The van der Waals surface area contributed by atoms with Gasteiger partial charge in [-0.1, -0.05) is 84.9 Å². The number of aliphatic carboxylic acids is 3. The lowest BCUT2D eigenvalue weighted by Gasteiger charge is -2.33. The number of carbonyl (C=O) groups is 20. The molecule has 1 aliphatic heterocycles. The lowest BCUT2D eigenvalue weighted by Crippen LogP contribution is -2.64. The number of nitrogens with two attached hydrogens (primary N) is 3. The lowest BCUT2D eigenvalue weighted by molar-refractivity contribution is -0.159. The van der Waals surface area contributed by atoms with Crippen LogP contribution in [0.4, 0.5) is 0 Å². The number of aliphatic hydroxyl groups is 1. The molecule has 43 heteroatoms. The molecule has 644 valence electrons. The maximum Gasteiger partial charge on any atom is 0.329 e. The first-order chi connectivity index (χ1) is 54.5. The van der Waals surface area contributed by atoms with Crippen LogP contribution < -0.4 is 81.0 Å². The summed E-state index contributed by atoms with van der Waals surface area (Å²) in [5.41, 5.74) is 17.8. The van der Waals surface area contributed by atoms with Crippen molar-refractivity contribution in [3.63, 3.8) is 0 Å². The van der Waals surface area contributed by atoms with Crippen LogP contribution in [0.2, 0.25) is 0 Å². The van der Waals surface area contributed by atoms with Gasteiger partial charge in [0, 0.05) is 43.4 Å². The van der Waals surface area contributed by atoms with Gasteiger partial charge < -0.3 is 121 Å². The number of fused-ring (bicyclic) bond motifs is 1. The number of H-pyrrole nitrogens is 1. The van der Waals surface area contributed by atoms with Gasteiger partial charge in [-0.25, -0.2) is 4.79 Å². The molecule has 1 aliphatic rings. The Morgan fingerprint density at radius 1 is 0.621 bits per heavy atom. The zero-order valence-corrected chi connectivity index (χ0v) is 66.2. The SMILES string of the molecule is CC[C@H](C)[C@@H]1NC(=O)[C@H](C(C)CC(=O)O)NC(=O)[C@H](CC(N)=O)NC(=O)CNC(=O)[C@H](CC(=O)OC)NC(=O)[C@H](CCCCN)NC(=O)[C@H](CC(=O)O)NC(=O)[C@H](C)NC(=O)CN(C)C(=O)[C@@H](NC(=O)[C@@H](NC(=O)[C@H](CCC(=O)O)NC(=O)[C@H](Cc2c[nH]c3ccccc23)NC(=O)CCCCCCC(C)C)C(O)C(N)=O)[C@@H](C)OC1=O. The fourth-order valence-corrected chi connectivity index (χ4v) is 12.0. The quantitative estimate of drug-likeness (QED) is 0.0224. The number of hydrogen-bond donors (Lipinski definition) is 20. The lowest BCUT2D eigenvalue weighted by atomic mass is 9.94. The number of rotatable bonds is 36. The number of esters is 2. The number of carboxylic acids is 3. The molecule has 116 heavy (non-hydrogen) atoms. The number of likely N-dealkylation sites (N-methyl/N-ethyl adjacent to an activating group) is 1. The molecule has 1 aromatic carbocycles. The van der Waals surface area contributed by atoms with E-state index in [1.54, 1.807) is 30.5 Å². The molecule has 0 spiro atoms. The number of aromatic amines is 1. The van der Waals surface area contributed by atoms with Crippen molar-refractivity contribution >= 4 is 129 Å². The highest BCUT2D eigenvalue weighted by atomic mass is 16.5. The van der Waals surface area contributed by atoms with Crippen molar-refractivity contribution in [1.29, 1.82) is 0 Å². The predicted octanol–water partition coefficient (Wildman–Crippen LogP) is -5.51. The molecular formula is C73H111N17O26. The highest BCUT2D eigenvalue weighted by Gasteiger charge is 2.43. The van der Waals surface area contributed by atoms with Crippen LogP contribution in [0.15, 0.2) is 30.5 Å². The Bertz CT molecular complexity index is 3850. The van der Waals surface area contributed by atoms with Gasteiger partial charge in [-0.2, -0.15) is 0 Å². The van der Waals surface area contributed by atoms with E-state index >= 15 is 4.79 Å². The monoisotopic (exact) mass is 1640 g/mol. The molecule has 2 aromatic rings. The Balaban J connectivity index is 2.29. The van der Waals surface area contributed by atoms with Gasteiger partial charge in [0.1, 0.15) is 72.6 Å². The number of nitrogens with one attached hydrogen (secondary N) is 13. The van der Waals surface area contributed by atoms with Gasteiger partial charge in [0.25, 0.3) is 0 Å². The van der Waals surface area contributed by atoms with Crippen molar-refractivity contribution in [2.45, 2.75) is 236 Å². The molecule has 1 saturated heterocycles. The fraction of sp³-hybridized carbons (Fsp3) is 0.616. The summed E-state index contributed by atoms with van der Waals surface area (Å²) < 4.78 is 10.5. The molecule has 2 unspecified atom stereocenters. The summed E-state index contributed by atoms with van der Waals surface area (Å²) in [7, 11) is 1.83. The number of aliphatic hydroxyl groups excluding tert-OH is 1. The standard InChI is InChI=1S/C73H111N17O26/c1-10-36(4)58-73(114)116-39(7)59(88-71(112)60(61(102)62(76)103)89-66(107)44(24-25-53(95)96)83-67(108)45(28-40-32-77-42-21-16-15-20-41(40)42)80-50(92)23-14-12-11-13-19-35(2)3)72(113)90(8)34-52(94)79-38(6)63(104)84-47(30-55(99)100)68(109)82-43(22-17-18-26-74)65(106)85-48(31-56(101)115-9)64(105)78-33-51(93)81-46(29-49(75)91)69(110)86-57(70(111)87-58)37(5)27-54(97)98/h15-16,20-21,32,35-39,43-48,57-61,77,102H,10-14,17-19,22-31,33-34,74H2,1-9H3,(H2,75,91)(H2,76,103)(H,78,105)(H,79,94)(H,80,92)(H,81,93)(H,82,109)(H,83,108)(H,84,104)(H,85,106)(H,86,110)(H,87,111)(H,88,112)(H,89,107)(H,95,96)(H,97,98)(H,99,100)/t36-,37?,38-,39+,43-,44-,45-,46-,47-,48-,57-,58-,59-,60-,61?/m0/s1. The van der Waals surface area contributed by atoms with Crippen LogP contribution in [0.3, 0.4) is 0 Å². The second-order valence-electron chi connectivity index (χ2n) is 28.8. The largest absolute Gasteiger partial charge is 0.481 e. The third kappa shape index (κ3) is 33.6. The number of unbranched alkanes of at least 4 members (excludes halogenated alkanes) is 4. The summed E-state index contributed by atoms with van der Waals surface area (Å²) in [4.78, 5) is 278. The minimum atomic E-state index is -2.79. The number of methoxy groups -OCH3 is 1. The summed E-state index contributed by atoms with van der Waals surface area (Å²) in [6, 6.07) is -15.0. The van der Waals surface area contributed by atoms with E-state index in [1.165, 1.54) is 13.8 Å². The highest BCUT2D eigenvalue weighted by Crippen LogP contribution is 2.22. The number of carbonyl (C=O) groups excluding carboxylic acids is 17. The maximum atomic E-state index is 15.0. The van der Waals surface area contributed by atoms with Crippen molar-refractivity contribution < 1.29 is 126 Å². The Morgan fingerprint density at radius 2 is 1.22 bits per heavy atom. The third-order valence-corrected chi connectivity index (χ3v) is 18.7. The van der Waals surface area contributed by atoms with Crippen LogP contribution in [0, 0.1) is 17.8 Å². The van der Waals surface area contributed by atoms with Gasteiger partial charge in [0.05, 0.1) is 45.9 Å². The molecule has 1 fully saturated rings. The van der Waals surface area contributed by atoms with Crippen molar-refractivity contribution in [1.82, 2.24) is 73.7 Å². The van der Waals surface area contributed by atoms with Gasteiger partial charge in [-0.05, 0) is 81.9 Å². The van der Waals surface area contributed by atoms with Crippen molar-refractivity contribution in [3.8, 4) is 0 Å². The second-order valence-corrected chi connectivity index (χ2v) is 28.8. The number of hydrogen-bond acceptors (Lipinski definition) is 24. The number of primary amides is 2. The summed E-state index contributed by atoms with van der Waals surface area (Å²) in [5, 5.41) is 68.7. The highest BCUT2D eigenvalue weighted by molar-refractivity contribution is 6.02. The molecule has 0 saturated carbocycles. The van der Waals surface area contributed by atoms with Crippen molar-refractivity contribution in [2.24, 2.45) is 35.0 Å². The third-order valence-electron chi connectivity index (χ3n) is 18.7. The average molecular weight is 1640 g/mol. The molecule has 0 bridgehead atoms. The topological polar surface area (TPSA) is 682 Å². The summed E-state index contributed by atoms with van der Waals surface area (Å²) in [6.45, 7) is 7.98. The smallest absolute Gasteiger partial charge is 0.329 e. The van der Waals surface area contributed by atoms with E-state index in [4.69, 9.17) is 21.9 Å². The number of ether oxygens (including phenoxy) is 2. The van der Waals surface area contributed by atoms with E-state index in [2.05, 4.69) is 87.4 Å². The molecule has 1 aromatic heterocycles. The minimum absolute atomic E-state index is 0.0236. The average Bonchev–Trinajstić information content (AvgIpc) is 1.30. The summed E-state index contributed by atoms with van der Waals surface area (Å²) in [6.07, 6.45) is -5.49. The number of para-hydroxylation sites is 1. The number of nitrogens with zero attached hydrogens (tertiary/aromatic N) is 1. The first-order valence-electron chi connectivity index (χ1n) is 37.8. The Morgan fingerprint density at radius 3 is 1.84 bits per heavy atom. The van der Waals surface area contributed by atoms with Crippen LogP contribution in [-0.4, -0.2) is 261 Å². The van der Waals surface area contributed by atoms with Gasteiger partial charge in [-0.15, -0.1) is 0 Å². The summed E-state index contributed by atoms with van der Waals surface area (Å²) >= 11 is 0. The van der Waals surface area contributed by atoms with E-state index in [0.29, 0.717) is 40.1 Å². The van der Waals surface area contributed by atoms with E-state index in [1.807, 2.05) is 0 Å². The molecule has 15 amide bonds. The first-order valence-corrected chi connectivity index (χ1v) is 37.8. The van der Waals surface area contributed by atoms with Gasteiger partial charge >= 0.3 is 29.8 Å². The molecule has 23 N–H and O–H groups in total. The van der Waals surface area contributed by atoms with Gasteiger partial charge in [0.15, 0.2) is 6.10 Å². The number of aromatic nitrogens is 1. The molecule has 15 atom stereocenters. The van der Waals surface area contributed by atoms with Crippen LogP contribution >= 0.6 is 0 Å². The van der Waals surface area contributed by atoms with E-state index in [9.17, 15) is 112 Å². The maximum absolute atomic E-state index is 15.0.